The Bertz CT molecular complexity index is 917. The molecule has 1 aromatic carbocycles. The lowest BCUT2D eigenvalue weighted by Gasteiger charge is -2.14. The van der Waals surface area contributed by atoms with Crippen LogP contribution in [0.3, 0.4) is 0 Å². The van der Waals surface area contributed by atoms with E-state index in [9.17, 15) is 4.79 Å². The number of benzene rings is 1. The van der Waals surface area contributed by atoms with Crippen LogP contribution in [-0.4, -0.2) is 37.4 Å². The molecule has 7 nitrogen and oxygen atoms in total. The lowest BCUT2D eigenvalue weighted by Crippen LogP contribution is -2.26. The number of carbonyl (C=O) groups is 1. The van der Waals surface area contributed by atoms with Gasteiger partial charge in [0.1, 0.15) is 0 Å². The highest BCUT2D eigenvalue weighted by Crippen LogP contribution is 2.32. The van der Waals surface area contributed by atoms with Crippen molar-refractivity contribution in [2.45, 2.75) is 26.7 Å². The molecule has 0 spiro atoms. The minimum atomic E-state index is -0.186. The maximum Gasteiger partial charge on any atom is 0.274 e. The van der Waals surface area contributed by atoms with Crippen LogP contribution in [0.25, 0.3) is 0 Å². The van der Waals surface area contributed by atoms with Gasteiger partial charge in [0.15, 0.2) is 18.2 Å². The molecule has 0 aliphatic heterocycles. The molecular formula is C18H19Cl2N5O2. The van der Waals surface area contributed by atoms with Crippen molar-refractivity contribution in [3.8, 4) is 5.75 Å². The SMILES string of the molecule is CCn1cc(CN(C)C(=O)c2ccn(COc3c(Cl)cccc3Cl)n2)cn1. The predicted octanol–water partition coefficient (Wildman–Crippen LogP) is 3.72. The number of amides is 1. The first-order chi connectivity index (χ1) is 13.0. The van der Waals surface area contributed by atoms with E-state index in [0.29, 0.717) is 28.0 Å². The lowest BCUT2D eigenvalue weighted by molar-refractivity contribution is 0.0777. The molecule has 0 radical (unpaired) electrons. The van der Waals surface area contributed by atoms with E-state index in [4.69, 9.17) is 27.9 Å². The monoisotopic (exact) mass is 407 g/mol. The van der Waals surface area contributed by atoms with Crippen LogP contribution >= 0.6 is 23.2 Å². The summed E-state index contributed by atoms with van der Waals surface area (Å²) in [5.41, 5.74) is 1.29. The number of hydrogen-bond acceptors (Lipinski definition) is 4. The molecule has 142 valence electrons. The van der Waals surface area contributed by atoms with Crippen molar-refractivity contribution in [1.29, 1.82) is 0 Å². The summed E-state index contributed by atoms with van der Waals surface area (Å²) in [5, 5.41) is 9.30. The Morgan fingerprint density at radius 1 is 1.22 bits per heavy atom. The van der Waals surface area contributed by atoms with Crippen molar-refractivity contribution in [3.63, 3.8) is 0 Å². The molecule has 0 bridgehead atoms. The van der Waals surface area contributed by atoms with Gasteiger partial charge < -0.3 is 9.64 Å². The summed E-state index contributed by atoms with van der Waals surface area (Å²) < 4.78 is 8.95. The van der Waals surface area contributed by atoms with E-state index in [1.807, 2.05) is 17.8 Å². The molecule has 2 aromatic heterocycles. The van der Waals surface area contributed by atoms with Crippen LogP contribution in [0.15, 0.2) is 42.9 Å². The number of para-hydroxylation sites is 1. The Hall–Kier alpha value is -2.51. The van der Waals surface area contributed by atoms with Gasteiger partial charge in [0.25, 0.3) is 5.91 Å². The molecule has 27 heavy (non-hydrogen) atoms. The number of hydrogen-bond donors (Lipinski definition) is 0. The van der Waals surface area contributed by atoms with E-state index in [-0.39, 0.29) is 12.6 Å². The van der Waals surface area contributed by atoms with Gasteiger partial charge in [0, 0.05) is 38.1 Å². The topological polar surface area (TPSA) is 65.2 Å². The standard InChI is InChI=1S/C18H19Cl2N5O2/c1-3-24-11-13(9-21-24)10-23(2)18(26)16-7-8-25(22-16)12-27-17-14(19)5-4-6-15(17)20/h4-9,11H,3,10,12H2,1-2H3. The summed E-state index contributed by atoms with van der Waals surface area (Å²) in [4.78, 5) is 14.2. The number of aryl methyl sites for hydroxylation is 1. The predicted molar refractivity (Wildman–Crippen MR) is 103 cm³/mol. The second kappa shape index (κ2) is 8.45. The van der Waals surface area contributed by atoms with Gasteiger partial charge in [-0.1, -0.05) is 29.3 Å². The summed E-state index contributed by atoms with van der Waals surface area (Å²) in [6.07, 6.45) is 5.34. The highest BCUT2D eigenvalue weighted by molar-refractivity contribution is 6.37. The number of halogens is 2. The van der Waals surface area contributed by atoms with Crippen LogP contribution in [0.4, 0.5) is 0 Å². The molecule has 1 amide bonds. The van der Waals surface area contributed by atoms with E-state index in [2.05, 4.69) is 10.2 Å². The Morgan fingerprint density at radius 2 is 1.96 bits per heavy atom. The molecule has 0 N–H and O–H groups in total. The van der Waals surface area contributed by atoms with Crippen molar-refractivity contribution in [2.75, 3.05) is 7.05 Å². The van der Waals surface area contributed by atoms with Crippen molar-refractivity contribution < 1.29 is 9.53 Å². The molecule has 0 unspecified atom stereocenters. The van der Waals surface area contributed by atoms with Gasteiger partial charge in [-0.2, -0.15) is 10.2 Å². The fourth-order valence-electron chi connectivity index (χ4n) is 2.50. The Labute approximate surface area is 167 Å². The normalized spacial score (nSPS) is 10.8. The average molecular weight is 408 g/mol. The van der Waals surface area contributed by atoms with Crippen LogP contribution < -0.4 is 4.74 Å². The Morgan fingerprint density at radius 3 is 2.63 bits per heavy atom. The minimum Gasteiger partial charge on any atom is -0.468 e. The van der Waals surface area contributed by atoms with Crippen molar-refractivity contribution >= 4 is 29.1 Å². The van der Waals surface area contributed by atoms with Gasteiger partial charge >= 0.3 is 0 Å². The van der Waals surface area contributed by atoms with Gasteiger partial charge in [-0.05, 0) is 25.1 Å². The van der Waals surface area contributed by atoms with Crippen molar-refractivity contribution in [3.05, 3.63) is 64.2 Å². The second-order valence-electron chi connectivity index (χ2n) is 5.93. The van der Waals surface area contributed by atoms with Gasteiger partial charge in [-0.15, -0.1) is 0 Å². The maximum atomic E-state index is 12.6. The molecule has 0 aliphatic rings. The summed E-state index contributed by atoms with van der Waals surface area (Å²) >= 11 is 12.2. The lowest BCUT2D eigenvalue weighted by atomic mass is 10.3. The molecule has 3 aromatic rings. The zero-order chi connectivity index (χ0) is 19.4. The summed E-state index contributed by atoms with van der Waals surface area (Å²) in [6, 6.07) is 6.76. The zero-order valence-corrected chi connectivity index (χ0v) is 16.5. The number of aromatic nitrogens is 4. The number of rotatable bonds is 7. The van der Waals surface area contributed by atoms with Crippen LogP contribution in [0.2, 0.25) is 10.0 Å². The average Bonchev–Trinajstić information content (AvgIpc) is 3.30. The molecule has 0 saturated heterocycles. The third-order valence-electron chi connectivity index (χ3n) is 3.90. The van der Waals surface area contributed by atoms with Crippen molar-refractivity contribution in [2.24, 2.45) is 0 Å². The fourth-order valence-corrected chi connectivity index (χ4v) is 3.01. The molecule has 9 heteroatoms. The van der Waals surface area contributed by atoms with Gasteiger partial charge in [-0.3, -0.25) is 9.48 Å². The third-order valence-corrected chi connectivity index (χ3v) is 4.49. The van der Waals surface area contributed by atoms with Gasteiger partial charge in [0.2, 0.25) is 0 Å². The maximum absolute atomic E-state index is 12.6. The first-order valence-corrected chi connectivity index (χ1v) is 9.10. The van der Waals surface area contributed by atoms with E-state index in [1.165, 1.54) is 4.68 Å². The number of ether oxygens (including phenoxy) is 1. The van der Waals surface area contributed by atoms with E-state index >= 15 is 0 Å². The number of nitrogens with zero attached hydrogens (tertiary/aromatic N) is 5. The smallest absolute Gasteiger partial charge is 0.274 e. The first kappa shape index (κ1) is 19.3. The molecule has 0 atom stereocenters. The molecule has 0 aliphatic carbocycles. The Balaban J connectivity index is 1.61. The minimum absolute atomic E-state index is 0.0870. The summed E-state index contributed by atoms with van der Waals surface area (Å²) in [5.74, 6) is 0.197. The Kier molecular flexibility index (Phi) is 6.03. The van der Waals surface area contributed by atoms with Crippen LogP contribution in [0.1, 0.15) is 23.0 Å². The molecule has 2 heterocycles. The van der Waals surface area contributed by atoms with E-state index in [0.717, 1.165) is 12.1 Å². The van der Waals surface area contributed by atoms with Crippen molar-refractivity contribution in [1.82, 2.24) is 24.5 Å². The molecular weight excluding hydrogens is 389 g/mol. The van der Waals surface area contributed by atoms with Crippen LogP contribution in [0, 0.1) is 0 Å². The molecule has 0 saturated carbocycles. The molecule has 0 fully saturated rings. The zero-order valence-electron chi connectivity index (χ0n) is 15.0. The van der Waals surface area contributed by atoms with Crippen LogP contribution in [-0.2, 0) is 19.8 Å². The highest BCUT2D eigenvalue weighted by atomic mass is 35.5. The largest absolute Gasteiger partial charge is 0.468 e. The van der Waals surface area contributed by atoms with Gasteiger partial charge in [-0.25, -0.2) is 4.68 Å². The summed E-state index contributed by atoms with van der Waals surface area (Å²) in [6.45, 7) is 3.34. The fraction of sp³-hybridized carbons (Fsp3) is 0.278. The van der Waals surface area contributed by atoms with E-state index < -0.39 is 0 Å². The van der Waals surface area contributed by atoms with E-state index in [1.54, 1.807) is 48.6 Å². The first-order valence-electron chi connectivity index (χ1n) is 8.35. The second-order valence-corrected chi connectivity index (χ2v) is 6.74. The van der Waals surface area contributed by atoms with Crippen LogP contribution in [0.5, 0.6) is 5.75 Å². The number of carbonyl (C=O) groups excluding carboxylic acids is 1. The summed E-state index contributed by atoms with van der Waals surface area (Å²) in [7, 11) is 1.73. The highest BCUT2D eigenvalue weighted by Gasteiger charge is 2.16. The molecule has 3 rings (SSSR count). The third kappa shape index (κ3) is 4.61. The van der Waals surface area contributed by atoms with Gasteiger partial charge in [0.05, 0.1) is 16.2 Å². The quantitative estimate of drug-likeness (QED) is 0.598.